The van der Waals surface area contributed by atoms with Gasteiger partial charge in [-0.25, -0.2) is 4.57 Å². The quantitative estimate of drug-likeness (QED) is 0.843. The summed E-state index contributed by atoms with van der Waals surface area (Å²) < 4.78 is 6.49. The summed E-state index contributed by atoms with van der Waals surface area (Å²) >= 11 is 1.08. The molecular formula is C11H12N4O3S. The lowest BCUT2D eigenvalue weighted by Crippen LogP contribution is -2.23. The summed E-state index contributed by atoms with van der Waals surface area (Å²) in [5.41, 5.74) is 5.19. The summed E-state index contributed by atoms with van der Waals surface area (Å²) in [7, 11) is 0. The van der Waals surface area contributed by atoms with Gasteiger partial charge in [-0.05, 0) is 19.1 Å². The van der Waals surface area contributed by atoms with Gasteiger partial charge in [-0.3, -0.25) is 9.59 Å². The van der Waals surface area contributed by atoms with Gasteiger partial charge in [0.25, 0.3) is 0 Å². The zero-order valence-electron chi connectivity index (χ0n) is 10.4. The Morgan fingerprint density at radius 3 is 2.74 bits per heavy atom. The molecule has 0 aliphatic heterocycles. The smallest absolute Gasteiger partial charge is 0.231 e. The summed E-state index contributed by atoms with van der Waals surface area (Å²) in [5, 5.41) is 7.62. The van der Waals surface area contributed by atoms with Crippen molar-refractivity contribution in [3.8, 4) is 11.6 Å². The molecule has 0 fully saturated rings. The Hall–Kier alpha value is -2.09. The molecule has 1 amide bonds. The summed E-state index contributed by atoms with van der Waals surface area (Å²) in [4.78, 5) is 22.8. The SMILES string of the molecule is CC(=O)n1c(SC(C)C(N)=O)nnc1-c1ccco1. The van der Waals surface area contributed by atoms with Crippen molar-refractivity contribution in [3.63, 3.8) is 0 Å². The van der Waals surface area contributed by atoms with Crippen molar-refractivity contribution in [2.75, 3.05) is 0 Å². The minimum absolute atomic E-state index is 0.268. The molecule has 0 spiro atoms. The second kappa shape index (κ2) is 5.27. The molecule has 8 heteroatoms. The van der Waals surface area contributed by atoms with Crippen molar-refractivity contribution in [2.24, 2.45) is 5.73 Å². The molecule has 1 unspecified atom stereocenters. The molecule has 2 aromatic rings. The second-order valence-electron chi connectivity index (χ2n) is 3.80. The van der Waals surface area contributed by atoms with Crippen molar-refractivity contribution < 1.29 is 14.0 Å². The highest BCUT2D eigenvalue weighted by Gasteiger charge is 2.22. The average molecular weight is 280 g/mol. The van der Waals surface area contributed by atoms with E-state index in [1.165, 1.54) is 17.8 Å². The Kier molecular flexibility index (Phi) is 3.70. The molecular weight excluding hydrogens is 268 g/mol. The fourth-order valence-corrected chi connectivity index (χ4v) is 2.25. The minimum Gasteiger partial charge on any atom is -0.461 e. The van der Waals surface area contributed by atoms with E-state index in [0.29, 0.717) is 16.7 Å². The van der Waals surface area contributed by atoms with Gasteiger partial charge in [0, 0.05) is 6.92 Å². The number of hydrogen-bond acceptors (Lipinski definition) is 6. The first kappa shape index (κ1) is 13.3. The van der Waals surface area contributed by atoms with Crippen molar-refractivity contribution >= 4 is 23.6 Å². The van der Waals surface area contributed by atoms with Gasteiger partial charge in [-0.2, -0.15) is 0 Å². The molecule has 0 aliphatic rings. The topological polar surface area (TPSA) is 104 Å². The lowest BCUT2D eigenvalue weighted by molar-refractivity contribution is -0.117. The lowest BCUT2D eigenvalue weighted by Gasteiger charge is -2.07. The van der Waals surface area contributed by atoms with Gasteiger partial charge in [0.1, 0.15) is 0 Å². The van der Waals surface area contributed by atoms with Gasteiger partial charge < -0.3 is 10.2 Å². The number of carbonyl (C=O) groups excluding carboxylic acids is 2. The molecule has 0 bridgehead atoms. The maximum absolute atomic E-state index is 11.7. The van der Waals surface area contributed by atoms with Crippen LogP contribution in [0.5, 0.6) is 0 Å². The van der Waals surface area contributed by atoms with E-state index in [9.17, 15) is 9.59 Å². The predicted molar refractivity (Wildman–Crippen MR) is 68.5 cm³/mol. The maximum Gasteiger partial charge on any atom is 0.231 e. The van der Waals surface area contributed by atoms with Gasteiger partial charge in [0.15, 0.2) is 10.9 Å². The number of rotatable bonds is 4. The van der Waals surface area contributed by atoms with E-state index < -0.39 is 11.2 Å². The van der Waals surface area contributed by atoms with Crippen LogP contribution in [0.2, 0.25) is 0 Å². The van der Waals surface area contributed by atoms with Gasteiger partial charge in [-0.15, -0.1) is 10.2 Å². The van der Waals surface area contributed by atoms with E-state index >= 15 is 0 Å². The number of amides is 1. The Labute approximate surface area is 113 Å². The Morgan fingerprint density at radius 1 is 1.47 bits per heavy atom. The van der Waals surface area contributed by atoms with Crippen molar-refractivity contribution in [1.29, 1.82) is 0 Å². The van der Waals surface area contributed by atoms with E-state index in [4.69, 9.17) is 10.2 Å². The summed E-state index contributed by atoms with van der Waals surface area (Å²) in [6.07, 6.45) is 1.48. The van der Waals surface area contributed by atoms with Crippen LogP contribution in [0.15, 0.2) is 28.0 Å². The third kappa shape index (κ3) is 2.68. The average Bonchev–Trinajstić information content (AvgIpc) is 2.95. The van der Waals surface area contributed by atoms with Crippen LogP contribution in [0, 0.1) is 0 Å². The molecule has 7 nitrogen and oxygen atoms in total. The van der Waals surface area contributed by atoms with E-state index in [1.54, 1.807) is 19.1 Å². The highest BCUT2D eigenvalue weighted by atomic mass is 32.2. The lowest BCUT2D eigenvalue weighted by atomic mass is 10.4. The third-order valence-electron chi connectivity index (χ3n) is 2.37. The molecule has 0 aliphatic carbocycles. The summed E-state index contributed by atoms with van der Waals surface area (Å²) in [6.45, 7) is 3.02. The molecule has 0 saturated carbocycles. The highest BCUT2D eigenvalue weighted by Crippen LogP contribution is 2.26. The van der Waals surface area contributed by atoms with E-state index in [-0.39, 0.29) is 5.91 Å². The maximum atomic E-state index is 11.7. The Bertz CT molecular complexity index is 605. The van der Waals surface area contributed by atoms with Crippen LogP contribution in [0.4, 0.5) is 0 Å². The predicted octanol–water partition coefficient (Wildman–Crippen LogP) is 1.16. The van der Waals surface area contributed by atoms with Crippen LogP contribution < -0.4 is 5.73 Å². The molecule has 2 N–H and O–H groups in total. The van der Waals surface area contributed by atoms with Crippen molar-refractivity contribution in [3.05, 3.63) is 18.4 Å². The third-order valence-corrected chi connectivity index (χ3v) is 3.43. The van der Waals surface area contributed by atoms with Crippen LogP contribution in [-0.4, -0.2) is 31.8 Å². The van der Waals surface area contributed by atoms with Gasteiger partial charge in [0.2, 0.25) is 17.6 Å². The van der Waals surface area contributed by atoms with Gasteiger partial charge in [0.05, 0.1) is 11.5 Å². The molecule has 0 aromatic carbocycles. The molecule has 100 valence electrons. The van der Waals surface area contributed by atoms with Crippen LogP contribution in [0.1, 0.15) is 18.6 Å². The molecule has 1 atom stereocenters. The summed E-state index contributed by atoms with van der Waals surface area (Å²) in [5.74, 6) is -0.0174. The number of nitrogens with zero attached hydrogens (tertiary/aromatic N) is 3. The number of thioether (sulfide) groups is 1. The Balaban J connectivity index is 2.41. The summed E-state index contributed by atoms with van der Waals surface area (Å²) in [6, 6.07) is 3.36. The normalized spacial score (nSPS) is 12.3. The number of primary amides is 1. The fraction of sp³-hybridized carbons (Fsp3) is 0.273. The van der Waals surface area contributed by atoms with Crippen LogP contribution in [0.25, 0.3) is 11.6 Å². The van der Waals surface area contributed by atoms with Crippen LogP contribution in [0.3, 0.4) is 0 Å². The van der Waals surface area contributed by atoms with Gasteiger partial charge in [-0.1, -0.05) is 11.8 Å². The minimum atomic E-state index is -0.508. The number of aromatic nitrogens is 3. The largest absolute Gasteiger partial charge is 0.461 e. The van der Waals surface area contributed by atoms with E-state index in [2.05, 4.69) is 10.2 Å². The molecule has 19 heavy (non-hydrogen) atoms. The van der Waals surface area contributed by atoms with E-state index in [0.717, 1.165) is 11.8 Å². The zero-order chi connectivity index (χ0) is 14.0. The zero-order valence-corrected chi connectivity index (χ0v) is 11.2. The van der Waals surface area contributed by atoms with Crippen LogP contribution in [-0.2, 0) is 4.79 Å². The first-order chi connectivity index (χ1) is 9.00. The molecule has 2 heterocycles. The monoisotopic (exact) mass is 280 g/mol. The number of hydrogen-bond donors (Lipinski definition) is 1. The Morgan fingerprint density at radius 2 is 2.21 bits per heavy atom. The fourth-order valence-electron chi connectivity index (χ4n) is 1.41. The molecule has 0 saturated heterocycles. The standard InChI is InChI=1S/C11H12N4O3S/c1-6(9(12)17)19-11-14-13-10(15(11)7(2)16)8-4-3-5-18-8/h3-6H,1-2H3,(H2,12,17). The number of nitrogens with two attached hydrogens (primary N) is 1. The highest BCUT2D eigenvalue weighted by molar-refractivity contribution is 8.00. The van der Waals surface area contributed by atoms with Gasteiger partial charge >= 0.3 is 0 Å². The molecule has 2 rings (SSSR count). The van der Waals surface area contributed by atoms with Crippen LogP contribution >= 0.6 is 11.8 Å². The van der Waals surface area contributed by atoms with E-state index in [1.807, 2.05) is 0 Å². The van der Waals surface area contributed by atoms with Crippen molar-refractivity contribution in [2.45, 2.75) is 24.3 Å². The van der Waals surface area contributed by atoms with Crippen molar-refractivity contribution in [1.82, 2.24) is 14.8 Å². The molecule has 2 aromatic heterocycles. The number of carbonyl (C=O) groups is 2. The second-order valence-corrected chi connectivity index (χ2v) is 5.11. The first-order valence-corrected chi connectivity index (χ1v) is 6.35. The first-order valence-electron chi connectivity index (χ1n) is 5.47. The molecule has 0 radical (unpaired) electrons. The number of furan rings is 1.